The lowest BCUT2D eigenvalue weighted by Crippen LogP contribution is -2.37. The highest BCUT2D eigenvalue weighted by molar-refractivity contribution is 14.0. The van der Waals surface area contributed by atoms with Gasteiger partial charge in [0.1, 0.15) is 11.9 Å². The molecule has 1 heterocycles. The summed E-state index contributed by atoms with van der Waals surface area (Å²) in [6.45, 7) is 7.03. The molecule has 0 radical (unpaired) electrons. The first-order valence-electron chi connectivity index (χ1n) is 10.5. The van der Waals surface area contributed by atoms with E-state index < -0.39 is 5.60 Å². The van der Waals surface area contributed by atoms with Crippen LogP contribution in [0.25, 0.3) is 11.5 Å². The normalized spacial score (nSPS) is 11.5. The Balaban J connectivity index is 0.00000480. The van der Waals surface area contributed by atoms with Crippen LogP contribution in [0.1, 0.15) is 58.6 Å². The number of carbonyl (C=O) groups is 1. The second kappa shape index (κ2) is 14.1. The zero-order chi connectivity index (χ0) is 21.8. The largest absolute Gasteiger partial charge is 0.460 e. The van der Waals surface area contributed by atoms with Crippen molar-refractivity contribution in [1.29, 1.82) is 0 Å². The second-order valence-electron chi connectivity index (χ2n) is 8.11. The van der Waals surface area contributed by atoms with Crippen LogP contribution in [-0.4, -0.2) is 36.1 Å². The minimum Gasteiger partial charge on any atom is -0.460 e. The van der Waals surface area contributed by atoms with E-state index in [0.717, 1.165) is 49.4 Å². The van der Waals surface area contributed by atoms with Gasteiger partial charge in [0.05, 0.1) is 12.2 Å². The van der Waals surface area contributed by atoms with Crippen molar-refractivity contribution in [2.75, 3.05) is 13.6 Å². The molecule has 0 atom stereocenters. The zero-order valence-electron chi connectivity index (χ0n) is 18.9. The summed E-state index contributed by atoms with van der Waals surface area (Å²) in [4.78, 5) is 20.4. The van der Waals surface area contributed by atoms with Gasteiger partial charge in [-0.05, 0) is 45.7 Å². The number of nitrogens with one attached hydrogen (secondary N) is 2. The standard InChI is InChI=1S/C23H34N4O3.HI/c1-23(2,3)30-20(28)14-10-5-6-11-15-25-22(24-4)26-16-19-17-29-21(27-19)18-12-8-7-9-13-18;/h7-9,12-13,17H,5-6,10-11,14-16H2,1-4H3,(H2,24,25,26);1H. The van der Waals surface area contributed by atoms with Gasteiger partial charge in [0.2, 0.25) is 5.89 Å². The Kier molecular flexibility index (Phi) is 12.2. The Morgan fingerprint density at radius 2 is 1.81 bits per heavy atom. The van der Waals surface area contributed by atoms with Crippen LogP contribution in [0.5, 0.6) is 0 Å². The summed E-state index contributed by atoms with van der Waals surface area (Å²) in [5.41, 5.74) is 1.37. The molecular weight excluding hydrogens is 507 g/mol. The van der Waals surface area contributed by atoms with E-state index in [9.17, 15) is 4.79 Å². The highest BCUT2D eigenvalue weighted by Crippen LogP contribution is 2.17. The molecule has 31 heavy (non-hydrogen) atoms. The van der Waals surface area contributed by atoms with Crippen LogP contribution >= 0.6 is 24.0 Å². The van der Waals surface area contributed by atoms with Crippen LogP contribution in [0.2, 0.25) is 0 Å². The topological polar surface area (TPSA) is 88.8 Å². The highest BCUT2D eigenvalue weighted by atomic mass is 127. The van der Waals surface area contributed by atoms with E-state index >= 15 is 0 Å². The van der Waals surface area contributed by atoms with E-state index in [1.807, 2.05) is 51.1 Å². The van der Waals surface area contributed by atoms with E-state index in [1.165, 1.54) is 0 Å². The SMILES string of the molecule is CN=C(NCCCCCCC(=O)OC(C)(C)C)NCc1coc(-c2ccccc2)n1.I. The van der Waals surface area contributed by atoms with E-state index in [4.69, 9.17) is 9.15 Å². The minimum atomic E-state index is -0.404. The van der Waals surface area contributed by atoms with Gasteiger partial charge in [0.15, 0.2) is 5.96 Å². The van der Waals surface area contributed by atoms with Crippen LogP contribution in [0.3, 0.4) is 0 Å². The van der Waals surface area contributed by atoms with Crippen molar-refractivity contribution in [2.45, 2.75) is 65.0 Å². The van der Waals surface area contributed by atoms with E-state index in [2.05, 4.69) is 20.6 Å². The van der Waals surface area contributed by atoms with E-state index in [1.54, 1.807) is 13.3 Å². The fourth-order valence-corrected chi connectivity index (χ4v) is 2.84. The molecule has 0 fully saturated rings. The number of oxazole rings is 1. The van der Waals surface area contributed by atoms with Crippen LogP contribution in [0.15, 0.2) is 46.0 Å². The zero-order valence-corrected chi connectivity index (χ0v) is 21.3. The van der Waals surface area contributed by atoms with Gasteiger partial charge in [-0.15, -0.1) is 24.0 Å². The van der Waals surface area contributed by atoms with Gasteiger partial charge in [-0.3, -0.25) is 9.79 Å². The molecule has 2 rings (SSSR count). The number of unbranched alkanes of at least 4 members (excludes halogenated alkanes) is 3. The number of aromatic nitrogens is 1. The lowest BCUT2D eigenvalue weighted by atomic mass is 10.1. The third kappa shape index (κ3) is 11.2. The van der Waals surface area contributed by atoms with Crippen molar-refractivity contribution in [3.63, 3.8) is 0 Å². The Morgan fingerprint density at radius 1 is 1.10 bits per heavy atom. The van der Waals surface area contributed by atoms with Gasteiger partial charge in [-0.25, -0.2) is 4.98 Å². The predicted octanol–water partition coefficient (Wildman–Crippen LogP) is 4.92. The Labute approximate surface area is 202 Å². The van der Waals surface area contributed by atoms with Crippen molar-refractivity contribution >= 4 is 35.9 Å². The molecule has 0 bridgehead atoms. The molecule has 7 nitrogen and oxygen atoms in total. The lowest BCUT2D eigenvalue weighted by Gasteiger charge is -2.19. The smallest absolute Gasteiger partial charge is 0.306 e. The molecule has 2 aromatic rings. The minimum absolute atomic E-state index is 0. The monoisotopic (exact) mass is 542 g/mol. The molecule has 8 heteroatoms. The predicted molar refractivity (Wildman–Crippen MR) is 134 cm³/mol. The van der Waals surface area contributed by atoms with Crippen LogP contribution in [-0.2, 0) is 16.1 Å². The third-order valence-electron chi connectivity index (χ3n) is 4.25. The molecule has 172 valence electrons. The molecule has 0 spiro atoms. The van der Waals surface area contributed by atoms with Crippen LogP contribution in [0.4, 0.5) is 0 Å². The van der Waals surface area contributed by atoms with E-state index in [-0.39, 0.29) is 29.9 Å². The summed E-state index contributed by atoms with van der Waals surface area (Å²) in [6.07, 6.45) is 6.07. The summed E-state index contributed by atoms with van der Waals surface area (Å²) >= 11 is 0. The molecule has 0 amide bonds. The molecule has 0 aliphatic heterocycles. The van der Waals surface area contributed by atoms with Crippen molar-refractivity contribution in [3.8, 4) is 11.5 Å². The van der Waals surface area contributed by atoms with Crippen molar-refractivity contribution < 1.29 is 13.9 Å². The number of esters is 1. The first-order chi connectivity index (χ1) is 14.4. The van der Waals surface area contributed by atoms with Gasteiger partial charge < -0.3 is 19.8 Å². The Morgan fingerprint density at radius 3 is 2.48 bits per heavy atom. The van der Waals surface area contributed by atoms with Gasteiger partial charge in [-0.2, -0.15) is 0 Å². The number of benzene rings is 1. The summed E-state index contributed by atoms with van der Waals surface area (Å²) < 4.78 is 10.9. The molecule has 2 N–H and O–H groups in total. The summed E-state index contributed by atoms with van der Waals surface area (Å²) in [7, 11) is 1.74. The molecule has 0 aliphatic rings. The highest BCUT2D eigenvalue weighted by Gasteiger charge is 2.15. The van der Waals surface area contributed by atoms with Gasteiger partial charge in [0, 0.05) is 25.6 Å². The summed E-state index contributed by atoms with van der Waals surface area (Å²) in [5.74, 6) is 1.23. The average molecular weight is 542 g/mol. The second-order valence-corrected chi connectivity index (χ2v) is 8.11. The molecule has 1 aromatic carbocycles. The average Bonchev–Trinajstić information content (AvgIpc) is 3.18. The number of aliphatic imine (C=N–C) groups is 1. The number of carbonyl (C=O) groups excluding carboxylic acids is 1. The first kappa shape index (κ1) is 26.9. The number of hydrogen-bond acceptors (Lipinski definition) is 5. The van der Waals surface area contributed by atoms with E-state index in [0.29, 0.717) is 18.9 Å². The Hall–Kier alpha value is -2.10. The molecule has 0 aliphatic carbocycles. The van der Waals surface area contributed by atoms with Crippen molar-refractivity contribution in [1.82, 2.24) is 15.6 Å². The van der Waals surface area contributed by atoms with Gasteiger partial charge >= 0.3 is 5.97 Å². The molecule has 0 saturated heterocycles. The fraction of sp³-hybridized carbons (Fsp3) is 0.522. The number of ether oxygens (including phenoxy) is 1. The molecular formula is C23H35IN4O3. The van der Waals surface area contributed by atoms with Crippen LogP contribution in [0, 0.1) is 0 Å². The summed E-state index contributed by atoms with van der Waals surface area (Å²) in [5, 5.41) is 6.54. The van der Waals surface area contributed by atoms with Gasteiger partial charge in [-0.1, -0.05) is 31.0 Å². The van der Waals surface area contributed by atoms with Crippen molar-refractivity contribution in [2.24, 2.45) is 4.99 Å². The first-order valence-corrected chi connectivity index (χ1v) is 10.5. The quantitative estimate of drug-likeness (QED) is 0.146. The third-order valence-corrected chi connectivity index (χ3v) is 4.25. The maximum Gasteiger partial charge on any atom is 0.306 e. The van der Waals surface area contributed by atoms with Crippen molar-refractivity contribution in [3.05, 3.63) is 42.3 Å². The summed E-state index contributed by atoms with van der Waals surface area (Å²) in [6, 6.07) is 9.82. The van der Waals surface area contributed by atoms with Crippen LogP contribution < -0.4 is 10.6 Å². The van der Waals surface area contributed by atoms with Gasteiger partial charge in [0.25, 0.3) is 0 Å². The number of halogens is 1. The maximum absolute atomic E-state index is 11.7. The fourth-order valence-electron chi connectivity index (χ4n) is 2.84. The molecule has 0 unspecified atom stereocenters. The Bertz CT molecular complexity index is 801. The molecule has 0 saturated carbocycles. The number of nitrogens with zero attached hydrogens (tertiary/aromatic N) is 2. The maximum atomic E-state index is 11.7. The number of rotatable bonds is 10. The number of guanidine groups is 1. The lowest BCUT2D eigenvalue weighted by molar-refractivity contribution is -0.154. The number of hydrogen-bond donors (Lipinski definition) is 2. The molecule has 1 aromatic heterocycles.